The van der Waals surface area contributed by atoms with Crippen LogP contribution in [-0.2, 0) is 10.5 Å². The SMILES string of the molecule is O=S(=O)([O-])F.c1ccc2[nH+]c3ccccc3cc2c1. The summed E-state index contributed by atoms with van der Waals surface area (Å²) in [5.74, 6) is 0. The van der Waals surface area contributed by atoms with Gasteiger partial charge in [0.2, 0.25) is 11.0 Å². The van der Waals surface area contributed by atoms with E-state index >= 15 is 0 Å². The Kier molecular flexibility index (Phi) is 3.73. The number of aromatic nitrogens is 1. The van der Waals surface area contributed by atoms with Crippen LogP contribution < -0.4 is 4.98 Å². The van der Waals surface area contributed by atoms with Crippen molar-refractivity contribution in [3.8, 4) is 0 Å². The van der Waals surface area contributed by atoms with Crippen LogP contribution in [-0.4, -0.2) is 13.0 Å². The van der Waals surface area contributed by atoms with Gasteiger partial charge in [0.05, 0.1) is 0 Å². The van der Waals surface area contributed by atoms with Gasteiger partial charge in [0.15, 0.2) is 0 Å². The predicted molar refractivity (Wildman–Crippen MR) is 68.8 cm³/mol. The first-order chi connectivity index (χ1) is 8.93. The van der Waals surface area contributed by atoms with Crippen LogP contribution in [0.2, 0.25) is 0 Å². The topological polar surface area (TPSA) is 71.3 Å². The lowest BCUT2D eigenvalue weighted by Crippen LogP contribution is -2.04. The van der Waals surface area contributed by atoms with Crippen LogP contribution in [0.25, 0.3) is 21.8 Å². The number of halogens is 1. The zero-order valence-corrected chi connectivity index (χ0v) is 10.5. The predicted octanol–water partition coefficient (Wildman–Crippen LogP) is 2.22. The first-order valence-electron chi connectivity index (χ1n) is 5.39. The van der Waals surface area contributed by atoms with E-state index in [9.17, 15) is 3.89 Å². The average Bonchev–Trinajstić information content (AvgIpc) is 2.34. The summed E-state index contributed by atoms with van der Waals surface area (Å²) in [6, 6.07) is 18.9. The van der Waals surface area contributed by atoms with E-state index in [-0.39, 0.29) is 0 Å². The molecule has 19 heavy (non-hydrogen) atoms. The van der Waals surface area contributed by atoms with Gasteiger partial charge in [0.1, 0.15) is 0 Å². The van der Waals surface area contributed by atoms with E-state index in [0.717, 1.165) is 0 Å². The number of pyridine rings is 1. The van der Waals surface area contributed by atoms with Crippen molar-refractivity contribution in [3.63, 3.8) is 0 Å². The number of nitrogens with one attached hydrogen (secondary N) is 1. The third-order valence-corrected chi connectivity index (χ3v) is 2.50. The fourth-order valence-corrected chi connectivity index (χ4v) is 1.79. The number of H-pyrrole nitrogens is 1. The zero-order valence-electron chi connectivity index (χ0n) is 9.71. The van der Waals surface area contributed by atoms with Crippen LogP contribution in [0.1, 0.15) is 0 Å². The second kappa shape index (κ2) is 5.29. The van der Waals surface area contributed by atoms with Gasteiger partial charge in [-0.15, -0.1) is 3.89 Å². The molecule has 0 atom stereocenters. The molecule has 0 bridgehead atoms. The van der Waals surface area contributed by atoms with Crippen molar-refractivity contribution < 1.29 is 21.8 Å². The van der Waals surface area contributed by atoms with E-state index in [0.29, 0.717) is 0 Å². The Hall–Kier alpha value is -2.05. The molecule has 0 aliphatic heterocycles. The summed E-state index contributed by atoms with van der Waals surface area (Å²) in [4.78, 5) is 3.41. The fraction of sp³-hybridized carbons (Fsp3) is 0. The molecular formula is C13H10FNO3S. The molecule has 0 saturated carbocycles. The molecular weight excluding hydrogens is 269 g/mol. The molecule has 2 aromatic carbocycles. The maximum absolute atomic E-state index is 10.1. The molecule has 4 nitrogen and oxygen atoms in total. The maximum atomic E-state index is 10.1. The number of aromatic amines is 1. The molecule has 0 unspecified atom stereocenters. The van der Waals surface area contributed by atoms with E-state index in [1.807, 2.05) is 12.1 Å². The van der Waals surface area contributed by atoms with Crippen molar-refractivity contribution in [1.82, 2.24) is 0 Å². The highest BCUT2D eigenvalue weighted by atomic mass is 32.3. The summed E-state index contributed by atoms with van der Waals surface area (Å²) < 4.78 is 35.3. The number of hydrogen-bond acceptors (Lipinski definition) is 3. The number of rotatable bonds is 0. The molecule has 1 N–H and O–H groups in total. The summed E-state index contributed by atoms with van der Waals surface area (Å²) >= 11 is 0. The normalized spacial score (nSPS) is 11.1. The van der Waals surface area contributed by atoms with Gasteiger partial charge in [-0.25, -0.2) is 13.4 Å². The highest BCUT2D eigenvalue weighted by Crippen LogP contribution is 2.15. The average molecular weight is 279 g/mol. The van der Waals surface area contributed by atoms with E-state index in [2.05, 4.69) is 47.4 Å². The van der Waals surface area contributed by atoms with Gasteiger partial charge in [-0.1, -0.05) is 24.3 Å². The molecule has 1 heterocycles. The summed E-state index contributed by atoms with van der Waals surface area (Å²) in [5.41, 5.74) is 2.37. The third kappa shape index (κ3) is 3.97. The van der Waals surface area contributed by atoms with Gasteiger partial charge in [-0.3, -0.25) is 0 Å². The van der Waals surface area contributed by atoms with Crippen molar-refractivity contribution >= 4 is 32.3 Å². The molecule has 0 spiro atoms. The summed E-state index contributed by atoms with van der Waals surface area (Å²) in [6.45, 7) is 0. The Balaban J connectivity index is 0.000000232. The number of hydrogen-bond donors (Lipinski definition) is 0. The lowest BCUT2D eigenvalue weighted by Gasteiger charge is -1.94. The van der Waals surface area contributed by atoms with Crippen molar-refractivity contribution in [1.29, 1.82) is 0 Å². The van der Waals surface area contributed by atoms with Crippen molar-refractivity contribution in [3.05, 3.63) is 54.6 Å². The van der Waals surface area contributed by atoms with E-state index in [4.69, 9.17) is 13.0 Å². The Morgan fingerprint density at radius 3 is 1.68 bits per heavy atom. The lowest BCUT2D eigenvalue weighted by molar-refractivity contribution is -0.310. The molecule has 0 aliphatic carbocycles. The van der Waals surface area contributed by atoms with E-state index < -0.39 is 10.5 Å². The van der Waals surface area contributed by atoms with Crippen LogP contribution in [0.3, 0.4) is 0 Å². The first kappa shape index (κ1) is 13.4. The van der Waals surface area contributed by atoms with Crippen LogP contribution >= 0.6 is 0 Å². The Bertz CT molecular complexity index is 705. The minimum absolute atomic E-state index is 1.19. The molecule has 0 aliphatic rings. The Labute approximate surface area is 109 Å². The third-order valence-electron chi connectivity index (χ3n) is 2.50. The number of para-hydroxylation sites is 2. The first-order valence-corrected chi connectivity index (χ1v) is 6.69. The number of fused-ring (bicyclic) bond motifs is 2. The van der Waals surface area contributed by atoms with Gasteiger partial charge in [-0.05, 0) is 18.2 Å². The monoisotopic (exact) mass is 279 g/mol. The minimum Gasteiger partial charge on any atom is -0.722 e. The molecule has 1 aromatic heterocycles. The highest BCUT2D eigenvalue weighted by molar-refractivity contribution is 7.80. The molecule has 0 amide bonds. The maximum Gasteiger partial charge on any atom is 0.255 e. The fourth-order valence-electron chi connectivity index (χ4n) is 1.79. The van der Waals surface area contributed by atoms with E-state index in [1.165, 1.54) is 21.8 Å². The number of benzene rings is 2. The van der Waals surface area contributed by atoms with Crippen molar-refractivity contribution in [2.24, 2.45) is 0 Å². The van der Waals surface area contributed by atoms with Crippen LogP contribution in [0.4, 0.5) is 3.89 Å². The molecule has 3 aromatic rings. The molecule has 98 valence electrons. The summed E-state index contributed by atoms with van der Waals surface area (Å²) in [6.07, 6.45) is 0. The molecule has 0 saturated heterocycles. The van der Waals surface area contributed by atoms with Crippen molar-refractivity contribution in [2.75, 3.05) is 0 Å². The Morgan fingerprint density at radius 1 is 0.895 bits per heavy atom. The zero-order chi connectivity index (χ0) is 13.9. The van der Waals surface area contributed by atoms with Gasteiger partial charge in [0, 0.05) is 22.9 Å². The second-order valence-corrected chi connectivity index (χ2v) is 4.62. The summed E-state index contributed by atoms with van der Waals surface area (Å²) in [7, 11) is -5.42. The standard InChI is InChI=1S/C13H9N.FHO3S/c1-3-7-12-10(5-1)9-11-6-2-4-8-13(11)14-12;1-5(2,3)4/h1-9H;(H,2,3,4). The van der Waals surface area contributed by atoms with Gasteiger partial charge < -0.3 is 4.55 Å². The van der Waals surface area contributed by atoms with Crippen LogP contribution in [0, 0.1) is 0 Å². The molecule has 3 rings (SSSR count). The van der Waals surface area contributed by atoms with Gasteiger partial charge >= 0.3 is 0 Å². The second-order valence-electron chi connectivity index (χ2n) is 3.84. The molecule has 6 heteroatoms. The van der Waals surface area contributed by atoms with Gasteiger partial charge in [0.25, 0.3) is 10.5 Å². The van der Waals surface area contributed by atoms with Gasteiger partial charge in [-0.2, -0.15) is 0 Å². The molecule has 0 radical (unpaired) electrons. The highest BCUT2D eigenvalue weighted by Gasteiger charge is 2.03. The van der Waals surface area contributed by atoms with E-state index in [1.54, 1.807) is 0 Å². The van der Waals surface area contributed by atoms with Crippen LogP contribution in [0.5, 0.6) is 0 Å². The molecule has 0 fully saturated rings. The Morgan fingerprint density at radius 2 is 1.26 bits per heavy atom. The van der Waals surface area contributed by atoms with Crippen LogP contribution in [0.15, 0.2) is 54.6 Å². The smallest absolute Gasteiger partial charge is 0.255 e. The largest absolute Gasteiger partial charge is 0.722 e. The summed E-state index contributed by atoms with van der Waals surface area (Å²) in [5, 5.41) is 2.51. The quantitative estimate of drug-likeness (QED) is 0.360. The lowest BCUT2D eigenvalue weighted by atomic mass is 10.1. The minimum atomic E-state index is -5.42. The van der Waals surface area contributed by atoms with Crippen molar-refractivity contribution in [2.45, 2.75) is 0 Å².